The maximum Gasteiger partial charge on any atom is 0.293 e. The molecule has 2 aromatic heterocycles. The molecule has 0 radical (unpaired) electrons. The molecule has 6 aliphatic rings. The van der Waals surface area contributed by atoms with Gasteiger partial charge in [0.25, 0.3) is 21.6 Å². The quantitative estimate of drug-likeness (QED) is 0.0732. The van der Waals surface area contributed by atoms with Crippen LogP contribution >= 0.6 is 0 Å². The van der Waals surface area contributed by atoms with E-state index in [1.54, 1.807) is 6.07 Å². The number of piperidine rings is 1. The van der Waals surface area contributed by atoms with E-state index >= 15 is 0 Å². The summed E-state index contributed by atoms with van der Waals surface area (Å²) in [6.07, 6.45) is 9.41. The van der Waals surface area contributed by atoms with Crippen molar-refractivity contribution in [2.45, 2.75) is 100 Å². The molecule has 17 nitrogen and oxygen atoms in total. The van der Waals surface area contributed by atoms with Crippen molar-refractivity contribution in [2.24, 2.45) is 17.3 Å². The highest BCUT2D eigenvalue weighted by molar-refractivity contribution is 7.90. The van der Waals surface area contributed by atoms with E-state index in [4.69, 9.17) is 19.2 Å². The number of nitro groups is 1. The maximum atomic E-state index is 14.7. The highest BCUT2D eigenvalue weighted by Gasteiger charge is 2.50. The summed E-state index contributed by atoms with van der Waals surface area (Å²) >= 11 is 0. The van der Waals surface area contributed by atoms with Gasteiger partial charge >= 0.3 is 0 Å². The number of morpholine rings is 1. The number of carbonyl (C=O) groups is 1. The Morgan fingerprint density at radius 3 is 2.52 bits per heavy atom. The van der Waals surface area contributed by atoms with Gasteiger partial charge in [0.1, 0.15) is 23.1 Å². The van der Waals surface area contributed by atoms with Crippen LogP contribution in [0.25, 0.3) is 11.0 Å². The van der Waals surface area contributed by atoms with Crippen LogP contribution < -0.4 is 24.6 Å². The summed E-state index contributed by atoms with van der Waals surface area (Å²) in [5, 5.41) is 26.7. The molecule has 18 heteroatoms. The smallest absolute Gasteiger partial charge is 0.293 e. The molecule has 1 amide bonds. The van der Waals surface area contributed by atoms with Gasteiger partial charge in [-0.3, -0.25) is 19.8 Å². The number of rotatable bonds is 11. The van der Waals surface area contributed by atoms with Crippen molar-refractivity contribution >= 4 is 55.4 Å². The number of nitrogens with one attached hydrogen (secondary N) is 3. The lowest BCUT2D eigenvalue weighted by Gasteiger charge is -2.57. The molecule has 1 spiro atoms. The molecular formula is C53H64N8O9S. The van der Waals surface area contributed by atoms with Gasteiger partial charge in [-0.2, -0.15) is 4.98 Å². The number of H-pyrrole nitrogens is 1. The number of ether oxygens (including phenoxy) is 3. The molecule has 5 fully saturated rings. The number of pyridine rings is 1. The molecule has 5 aromatic rings. The first-order valence-electron chi connectivity index (χ1n) is 25.3. The first-order chi connectivity index (χ1) is 34.2. The van der Waals surface area contributed by atoms with Crippen LogP contribution in [-0.2, 0) is 19.5 Å². The van der Waals surface area contributed by atoms with E-state index in [0.29, 0.717) is 81.1 Å². The van der Waals surface area contributed by atoms with Gasteiger partial charge in [0.2, 0.25) is 5.88 Å². The van der Waals surface area contributed by atoms with Crippen LogP contribution in [0.3, 0.4) is 0 Å². The molecule has 4 N–H and O–H groups in total. The number of sulfonamides is 1. The Morgan fingerprint density at radius 2 is 1.73 bits per heavy atom. The number of nitro benzene ring substituents is 1. The SMILES string of the molecule is Cc1ccccc1[C@@H]1COCCN1C1CC2(CCN(c3ccc(C(=O)NS(=O)(=O)c4ccc(NC[C@H]5CC[C@](C)(O)CC5)c([N+](=O)[O-])c4)c(N4C[C@@H]5COCC[C@H]5Oc5nc6[nH]ccc6cc54)c3)CC2)C1. The third-order valence-corrected chi connectivity index (χ3v) is 17.9. The molecule has 3 atom stereocenters. The number of hydrogen-bond donors (Lipinski definition) is 4. The van der Waals surface area contributed by atoms with E-state index in [2.05, 4.69) is 56.0 Å². The van der Waals surface area contributed by atoms with Crippen LogP contribution in [0.5, 0.6) is 5.88 Å². The topological polar surface area (TPSA) is 205 Å². The summed E-state index contributed by atoms with van der Waals surface area (Å²) in [4.78, 5) is 41.2. The van der Waals surface area contributed by atoms with Gasteiger partial charge in [0, 0.05) is 74.4 Å². The Morgan fingerprint density at radius 1 is 0.944 bits per heavy atom. The predicted molar refractivity (Wildman–Crippen MR) is 270 cm³/mol. The van der Waals surface area contributed by atoms with Gasteiger partial charge in [0.15, 0.2) is 0 Å². The number of aromatic amines is 1. The largest absolute Gasteiger partial charge is 0.472 e. The fourth-order valence-electron chi connectivity index (χ4n) is 12.3. The maximum absolute atomic E-state index is 14.7. The lowest BCUT2D eigenvalue weighted by atomic mass is 9.59. The number of benzene rings is 3. The zero-order valence-electron chi connectivity index (χ0n) is 40.5. The number of fused-ring (bicyclic) bond motifs is 3. The minimum absolute atomic E-state index is 0.0986. The number of aliphatic hydroxyl groups is 1. The van der Waals surface area contributed by atoms with Crippen LogP contribution in [0.4, 0.5) is 28.4 Å². The van der Waals surface area contributed by atoms with Gasteiger partial charge in [-0.1, -0.05) is 24.3 Å². The second-order valence-corrected chi connectivity index (χ2v) is 22.9. The Hall–Kier alpha value is -5.79. The fourth-order valence-corrected chi connectivity index (χ4v) is 13.2. The minimum atomic E-state index is -4.62. The monoisotopic (exact) mass is 988 g/mol. The summed E-state index contributed by atoms with van der Waals surface area (Å²) in [5.74, 6) is -0.380. The Labute approximate surface area is 414 Å². The van der Waals surface area contributed by atoms with Crippen LogP contribution in [0.1, 0.15) is 92.2 Å². The molecule has 3 saturated heterocycles. The Bertz CT molecular complexity index is 2920. The summed E-state index contributed by atoms with van der Waals surface area (Å²) < 4.78 is 49.3. The van der Waals surface area contributed by atoms with E-state index < -0.39 is 37.0 Å². The van der Waals surface area contributed by atoms with Gasteiger partial charge in [-0.25, -0.2) is 13.1 Å². The van der Waals surface area contributed by atoms with E-state index in [-0.39, 0.29) is 40.6 Å². The van der Waals surface area contributed by atoms with Crippen molar-refractivity contribution in [1.82, 2.24) is 19.6 Å². The number of anilines is 4. The van der Waals surface area contributed by atoms with Crippen molar-refractivity contribution in [3.05, 3.63) is 106 Å². The molecule has 0 bridgehead atoms. The van der Waals surface area contributed by atoms with Crippen molar-refractivity contribution in [3.63, 3.8) is 0 Å². The van der Waals surface area contributed by atoms with Crippen LogP contribution in [0.15, 0.2) is 83.9 Å². The highest BCUT2D eigenvalue weighted by atomic mass is 32.2. The van der Waals surface area contributed by atoms with Gasteiger partial charge < -0.3 is 39.4 Å². The fraction of sp³-hybridized carbons (Fsp3) is 0.509. The molecule has 3 aromatic carbocycles. The summed E-state index contributed by atoms with van der Waals surface area (Å²) in [6, 6.07) is 22.5. The lowest BCUT2D eigenvalue weighted by Crippen LogP contribution is -2.57. The summed E-state index contributed by atoms with van der Waals surface area (Å²) in [5.41, 5.74) is 4.74. The number of carbonyl (C=O) groups excluding carboxylic acids is 1. The number of nitrogens with zero attached hydrogens (tertiary/aromatic N) is 5. The van der Waals surface area contributed by atoms with Crippen molar-refractivity contribution in [3.8, 4) is 5.88 Å². The average molecular weight is 989 g/mol. The molecule has 0 unspecified atom stereocenters. The molecule has 6 heterocycles. The molecule has 2 saturated carbocycles. The Kier molecular flexibility index (Phi) is 12.7. The average Bonchev–Trinajstić information content (AvgIpc) is 3.75. The van der Waals surface area contributed by atoms with Crippen LogP contribution in [-0.4, -0.2) is 116 Å². The van der Waals surface area contributed by atoms with E-state index in [1.165, 1.54) is 23.3 Å². The number of aryl methyl sites for hydroxylation is 1. The Balaban J connectivity index is 0.869. The highest BCUT2D eigenvalue weighted by Crippen LogP contribution is 2.53. The number of amides is 1. The normalized spacial score (nSPS) is 25.9. The summed E-state index contributed by atoms with van der Waals surface area (Å²) in [6.45, 7) is 9.85. The van der Waals surface area contributed by atoms with Gasteiger partial charge in [-0.15, -0.1) is 0 Å². The summed E-state index contributed by atoms with van der Waals surface area (Å²) in [7, 11) is -4.62. The van der Waals surface area contributed by atoms with Crippen LogP contribution in [0.2, 0.25) is 0 Å². The second-order valence-electron chi connectivity index (χ2n) is 21.2. The molecule has 2 aliphatic carbocycles. The predicted octanol–water partition coefficient (Wildman–Crippen LogP) is 8.01. The van der Waals surface area contributed by atoms with E-state index in [9.17, 15) is 28.4 Å². The van der Waals surface area contributed by atoms with Crippen molar-refractivity contribution in [2.75, 3.05) is 74.3 Å². The number of aromatic nitrogens is 2. The van der Waals surface area contributed by atoms with Crippen LogP contribution in [0, 0.1) is 34.3 Å². The zero-order chi connectivity index (χ0) is 49.1. The third-order valence-electron chi connectivity index (χ3n) is 16.6. The first-order valence-corrected chi connectivity index (χ1v) is 26.8. The third kappa shape index (κ3) is 9.56. The van der Waals surface area contributed by atoms with E-state index in [1.807, 2.05) is 42.3 Å². The molecule has 4 aliphatic heterocycles. The first kappa shape index (κ1) is 47.5. The van der Waals surface area contributed by atoms with Crippen molar-refractivity contribution < 1.29 is 37.5 Å². The number of hydrogen-bond acceptors (Lipinski definition) is 14. The van der Waals surface area contributed by atoms with Crippen molar-refractivity contribution in [1.29, 1.82) is 0 Å². The zero-order valence-corrected chi connectivity index (χ0v) is 41.3. The molecular weight excluding hydrogens is 925 g/mol. The minimum Gasteiger partial charge on any atom is -0.472 e. The van der Waals surface area contributed by atoms with E-state index in [0.717, 1.165) is 81.9 Å². The standard InChI is InChI=1S/C53H64N8O9S/c1-34-5-3-4-6-41(34)47-33-69-24-22-59(47)39-28-53(29-39)17-20-58(21-18-53)38-7-9-42(44(26-38)60-31-37-32-68-23-14-48(37)70-51-46(60)25-36-13-19-54-49(36)56-51)50(62)57-71(66,67)40-8-10-43(45(27-40)61(64)65)55-30-35-11-15-52(2,63)16-12-35/h3-10,13,19,25-27,35,37,39,47-48,55,63H,11-12,14-18,20-24,28-33H2,1-2H3,(H,54,56)(H,57,62)/t35-,37-,47+,48-,52-/m1/s1. The van der Waals surface area contributed by atoms with Gasteiger partial charge in [0.05, 0.1) is 59.1 Å². The molecule has 376 valence electrons. The lowest BCUT2D eigenvalue weighted by molar-refractivity contribution is -0.384. The van der Waals surface area contributed by atoms with Gasteiger partial charge in [-0.05, 0) is 130 Å². The second kappa shape index (κ2) is 19.0. The molecule has 11 rings (SSSR count). The molecule has 71 heavy (non-hydrogen) atoms.